The summed E-state index contributed by atoms with van der Waals surface area (Å²) < 4.78 is 92.5. The molecule has 0 aliphatic rings. The van der Waals surface area contributed by atoms with Crippen LogP contribution in [0.25, 0.3) is 10.8 Å². The highest BCUT2D eigenvalue weighted by molar-refractivity contribution is 6.33. The molecule has 1 N–H and O–H groups in total. The minimum absolute atomic E-state index is 0.704. The smallest absolute Gasteiger partial charge is 0.198 e. The molecule has 0 amide bonds. The number of nitrogens with one attached hydrogen (secondary N) is 1. The van der Waals surface area contributed by atoms with Crippen LogP contribution < -0.4 is 10.4 Å². The molecule has 1 nitrogen and oxygen atoms in total. The van der Waals surface area contributed by atoms with Crippen LogP contribution in [-0.4, -0.2) is 21.9 Å². The van der Waals surface area contributed by atoms with Crippen molar-refractivity contribution in [2.45, 2.75) is 0 Å². The van der Waals surface area contributed by atoms with E-state index in [9.17, 15) is 30.7 Å². The monoisotopic (exact) mass is 389 g/mol. The summed E-state index contributed by atoms with van der Waals surface area (Å²) in [7, 11) is 2.99. The first-order valence-corrected chi connectivity index (χ1v) is 7.23. The largest absolute Gasteiger partial charge is 0.307 e. The van der Waals surface area contributed by atoms with Crippen molar-refractivity contribution in [3.63, 3.8) is 0 Å². The van der Waals surface area contributed by atoms with E-state index in [0.29, 0.717) is 0 Å². The van der Waals surface area contributed by atoms with Crippen LogP contribution in [0.1, 0.15) is 0 Å². The summed E-state index contributed by atoms with van der Waals surface area (Å²) in [5.41, 5.74) is 0.627. The van der Waals surface area contributed by atoms with Crippen LogP contribution >= 0.6 is 0 Å². The Bertz CT molecular complexity index is 878. The van der Waals surface area contributed by atoms with E-state index in [1.807, 2.05) is 6.07 Å². The second kappa shape index (κ2) is 8.00. The van der Waals surface area contributed by atoms with Crippen molar-refractivity contribution in [1.29, 1.82) is 0 Å². The average molecular weight is 389 g/mol. The van der Waals surface area contributed by atoms with Crippen LogP contribution in [-0.2, 0) is 0 Å². The maximum Gasteiger partial charge on any atom is 0.198 e. The van der Waals surface area contributed by atoms with E-state index >= 15 is 0 Å². The van der Waals surface area contributed by atoms with Gasteiger partial charge >= 0.3 is 0 Å². The molecule has 3 rings (SSSR count). The second-order valence-corrected chi connectivity index (χ2v) is 5.44. The standard InChI is InChI=1S/C10H3BF7.C8H11N/c11-3-4(12)1-2(5(13)8(3)16)7(15)10(18)9(17)6(1)14;1-9(2)8-6-4-3-5-7-8/h11H3;3-7H,1-2H3/q-1;/p+1. The Morgan fingerprint density at radius 2 is 1.00 bits per heavy atom. The number of benzene rings is 3. The summed E-state index contributed by atoms with van der Waals surface area (Å²) >= 11 is 0. The molecule has 0 fully saturated rings. The van der Waals surface area contributed by atoms with Crippen LogP contribution in [0.15, 0.2) is 30.3 Å². The molecule has 3 aromatic rings. The maximum absolute atomic E-state index is 13.6. The Kier molecular flexibility index (Phi) is 6.15. The van der Waals surface area contributed by atoms with Gasteiger partial charge in [0, 0.05) is 0 Å². The zero-order valence-electron chi connectivity index (χ0n) is 13.5. The van der Waals surface area contributed by atoms with Crippen molar-refractivity contribution < 1.29 is 35.6 Å². The lowest BCUT2D eigenvalue weighted by Crippen LogP contribution is -3.00. The summed E-state index contributed by atoms with van der Waals surface area (Å²) in [6.45, 7) is 0. The number of para-hydroxylation sites is 1. The quantitative estimate of drug-likeness (QED) is 0.282. The van der Waals surface area contributed by atoms with Gasteiger partial charge in [-0.3, -0.25) is 0 Å². The average Bonchev–Trinajstić information content (AvgIpc) is 2.67. The first-order valence-electron chi connectivity index (χ1n) is 7.23. The molecule has 0 aliphatic carbocycles. The van der Waals surface area contributed by atoms with Gasteiger partial charge in [-0.1, -0.05) is 18.2 Å². The van der Waals surface area contributed by atoms with E-state index in [-0.39, 0.29) is 0 Å². The lowest BCUT2D eigenvalue weighted by molar-refractivity contribution is -0.786. The fourth-order valence-corrected chi connectivity index (χ4v) is 2.14. The molecule has 0 aromatic heterocycles. The fraction of sp³-hybridized carbons (Fsp3) is 0.111. The van der Waals surface area contributed by atoms with Gasteiger partial charge < -0.3 is 4.90 Å². The number of quaternary nitrogens is 1. The maximum atomic E-state index is 13.6. The summed E-state index contributed by atoms with van der Waals surface area (Å²) in [4.78, 5) is 1.37. The van der Waals surface area contributed by atoms with E-state index in [1.54, 1.807) is 0 Å². The molecule has 0 radical (unpaired) electrons. The fourth-order valence-electron chi connectivity index (χ4n) is 2.14. The van der Waals surface area contributed by atoms with Gasteiger partial charge in [0.15, 0.2) is 29.1 Å². The van der Waals surface area contributed by atoms with Crippen molar-refractivity contribution in [3.05, 3.63) is 71.1 Å². The summed E-state index contributed by atoms with van der Waals surface area (Å²) in [6.07, 6.45) is 0. The third-order valence-corrected chi connectivity index (χ3v) is 3.47. The van der Waals surface area contributed by atoms with Crippen LogP contribution in [0.5, 0.6) is 0 Å². The number of halogens is 7. The van der Waals surface area contributed by atoms with Crippen molar-refractivity contribution >= 4 is 29.8 Å². The number of hydrogen-bond acceptors (Lipinski definition) is 0. The van der Waals surface area contributed by atoms with Gasteiger partial charge in [0.2, 0.25) is 0 Å². The summed E-state index contributed by atoms with van der Waals surface area (Å²) in [6, 6.07) is 10.4. The molecule has 0 saturated carbocycles. The van der Waals surface area contributed by atoms with Crippen LogP contribution in [0, 0.1) is 40.7 Å². The van der Waals surface area contributed by atoms with Gasteiger partial charge in [-0.25, -0.2) is 30.7 Å². The first-order chi connectivity index (χ1) is 12.6. The van der Waals surface area contributed by atoms with Crippen LogP contribution in [0.2, 0.25) is 0 Å². The van der Waals surface area contributed by atoms with E-state index in [4.69, 9.17) is 0 Å². The zero-order valence-corrected chi connectivity index (χ0v) is 13.5. The molecule has 0 spiro atoms. The Morgan fingerprint density at radius 1 is 0.593 bits per heavy atom. The number of fused-ring (bicyclic) bond motifs is 1. The van der Waals surface area contributed by atoms with E-state index < -0.39 is 64.8 Å². The van der Waals surface area contributed by atoms with Crippen molar-refractivity contribution in [2.75, 3.05) is 14.1 Å². The van der Waals surface area contributed by atoms with E-state index in [0.717, 1.165) is 0 Å². The van der Waals surface area contributed by atoms with Crippen LogP contribution in [0.4, 0.5) is 36.4 Å². The predicted molar refractivity (Wildman–Crippen MR) is 92.1 cm³/mol. The third kappa shape index (κ3) is 3.78. The molecule has 3 aromatic carbocycles. The number of rotatable bonds is 1. The normalized spacial score (nSPS) is 10.9. The molecule has 0 unspecified atom stereocenters. The Morgan fingerprint density at radius 3 is 1.41 bits per heavy atom. The minimum Gasteiger partial charge on any atom is -0.307 e. The van der Waals surface area contributed by atoms with E-state index in [2.05, 4.69) is 38.4 Å². The molecule has 0 atom stereocenters. The lowest BCUT2D eigenvalue weighted by atomic mass is 9.90. The molecule has 144 valence electrons. The Labute approximate surface area is 151 Å². The van der Waals surface area contributed by atoms with Gasteiger partial charge in [-0.05, 0) is 20.0 Å². The van der Waals surface area contributed by atoms with Crippen molar-refractivity contribution in [2.24, 2.45) is 0 Å². The lowest BCUT2D eigenvalue weighted by Gasteiger charge is -2.12. The van der Waals surface area contributed by atoms with Gasteiger partial charge in [0.25, 0.3) is 0 Å². The van der Waals surface area contributed by atoms with Crippen molar-refractivity contribution in [1.82, 2.24) is 0 Å². The summed E-state index contributed by atoms with van der Waals surface area (Å²) in [5.74, 6) is -14.0. The molecule has 27 heavy (non-hydrogen) atoms. The predicted octanol–water partition coefficient (Wildman–Crippen LogP) is 2.27. The first kappa shape index (κ1) is 20.8. The van der Waals surface area contributed by atoms with Gasteiger partial charge in [-0.15, -0.1) is 5.46 Å². The molecular weight excluding hydrogens is 374 g/mol. The van der Waals surface area contributed by atoms with Gasteiger partial charge in [0.05, 0.1) is 24.9 Å². The molecule has 0 saturated heterocycles. The number of hydrogen-bond donors (Lipinski definition) is 1. The van der Waals surface area contributed by atoms with Gasteiger partial charge in [0.1, 0.15) is 17.3 Å². The summed E-state index contributed by atoms with van der Waals surface area (Å²) in [5, 5.41) is -2.94. The van der Waals surface area contributed by atoms with Crippen molar-refractivity contribution in [3.8, 4) is 0 Å². The molecule has 0 bridgehead atoms. The highest BCUT2D eigenvalue weighted by Crippen LogP contribution is 2.30. The minimum atomic E-state index is -2.31. The Hall–Kier alpha value is -2.55. The third-order valence-electron chi connectivity index (χ3n) is 3.47. The molecule has 9 heteroatoms. The second-order valence-electron chi connectivity index (χ2n) is 5.44. The molecule has 0 heterocycles. The SMILES string of the molecule is C[NH+](C)c1ccccc1.[BH3-]c1c(F)c(F)c2c(F)c(F)c(F)c(F)c2c1F. The van der Waals surface area contributed by atoms with Crippen LogP contribution in [0.3, 0.4) is 0 Å². The zero-order chi connectivity index (χ0) is 20.5. The van der Waals surface area contributed by atoms with E-state index in [1.165, 1.54) is 10.6 Å². The molecule has 0 aliphatic heterocycles. The molecular formula is C18H15BF7N. The van der Waals surface area contributed by atoms with Gasteiger partial charge in [-0.2, -0.15) is 0 Å². The highest BCUT2D eigenvalue weighted by atomic mass is 19.2. The Balaban J connectivity index is 0.000000244. The topological polar surface area (TPSA) is 4.44 Å². The highest BCUT2D eigenvalue weighted by Gasteiger charge is 2.27.